The van der Waals surface area contributed by atoms with Crippen LogP contribution < -0.4 is 5.32 Å². The summed E-state index contributed by atoms with van der Waals surface area (Å²) in [6, 6.07) is 15.1. The van der Waals surface area contributed by atoms with Gasteiger partial charge < -0.3 is 5.32 Å². The highest BCUT2D eigenvalue weighted by Crippen LogP contribution is 2.53. The van der Waals surface area contributed by atoms with E-state index in [4.69, 9.17) is 11.6 Å². The fourth-order valence-corrected chi connectivity index (χ4v) is 3.12. The van der Waals surface area contributed by atoms with E-state index < -0.39 is 0 Å². The molecule has 0 bridgehead atoms. The van der Waals surface area contributed by atoms with Crippen LogP contribution in [0.1, 0.15) is 43.0 Å². The molecule has 1 aromatic carbocycles. The second-order valence-electron chi connectivity index (χ2n) is 5.75. The molecule has 0 saturated heterocycles. The van der Waals surface area contributed by atoms with E-state index in [1.807, 2.05) is 6.07 Å². The fourth-order valence-electron chi connectivity index (χ4n) is 3.01. The number of hydrogen-bond acceptors (Lipinski definition) is 2. The van der Waals surface area contributed by atoms with Crippen molar-refractivity contribution in [2.24, 2.45) is 5.92 Å². The third kappa shape index (κ3) is 3.45. The molecule has 1 aliphatic carbocycles. The van der Waals surface area contributed by atoms with Crippen molar-refractivity contribution in [3.05, 3.63) is 64.9 Å². The van der Waals surface area contributed by atoms with Crippen LogP contribution in [0.25, 0.3) is 0 Å². The van der Waals surface area contributed by atoms with Gasteiger partial charge in [0.2, 0.25) is 0 Å². The Labute approximate surface area is 131 Å². The minimum absolute atomic E-state index is 0.326. The number of aromatic nitrogens is 1. The Bertz CT molecular complexity index is 568. The number of benzene rings is 1. The van der Waals surface area contributed by atoms with E-state index in [0.717, 1.165) is 18.7 Å². The SMILES string of the molecule is CCCNC(c1ccc(Cl)cn1)C1CC1c1ccccc1. The zero-order chi connectivity index (χ0) is 14.7. The summed E-state index contributed by atoms with van der Waals surface area (Å²) in [5.74, 6) is 1.28. The smallest absolute Gasteiger partial charge is 0.0589 e. The molecule has 0 amide bonds. The molecule has 2 nitrogen and oxygen atoms in total. The molecule has 2 aromatic rings. The van der Waals surface area contributed by atoms with Gasteiger partial charge in [0.05, 0.1) is 16.8 Å². The van der Waals surface area contributed by atoms with E-state index in [1.165, 1.54) is 12.0 Å². The third-order valence-electron chi connectivity index (χ3n) is 4.18. The van der Waals surface area contributed by atoms with Gasteiger partial charge in [-0.1, -0.05) is 48.9 Å². The van der Waals surface area contributed by atoms with E-state index in [1.54, 1.807) is 6.20 Å². The molecule has 0 aliphatic heterocycles. The summed E-state index contributed by atoms with van der Waals surface area (Å²) in [4.78, 5) is 4.53. The predicted octanol–water partition coefficient (Wildman–Crippen LogP) is 4.58. The molecular weight excluding hydrogens is 280 g/mol. The highest BCUT2D eigenvalue weighted by molar-refractivity contribution is 6.30. The molecule has 1 fully saturated rings. The van der Waals surface area contributed by atoms with Crippen LogP contribution in [0.3, 0.4) is 0 Å². The Hall–Kier alpha value is -1.38. The summed E-state index contributed by atoms with van der Waals surface area (Å²) in [6.45, 7) is 3.22. The molecule has 3 rings (SSSR count). The lowest BCUT2D eigenvalue weighted by atomic mass is 10.0. The Morgan fingerprint density at radius 1 is 1.24 bits per heavy atom. The Morgan fingerprint density at radius 2 is 2.05 bits per heavy atom. The Balaban J connectivity index is 1.76. The second-order valence-corrected chi connectivity index (χ2v) is 6.19. The van der Waals surface area contributed by atoms with Crippen molar-refractivity contribution >= 4 is 11.6 Å². The van der Waals surface area contributed by atoms with Crippen LogP contribution in [0, 0.1) is 5.92 Å². The summed E-state index contributed by atoms with van der Waals surface area (Å²) in [5.41, 5.74) is 2.55. The van der Waals surface area contributed by atoms with Crippen LogP contribution in [-0.2, 0) is 0 Å². The number of pyridine rings is 1. The molecule has 3 atom stereocenters. The van der Waals surface area contributed by atoms with Crippen molar-refractivity contribution in [1.82, 2.24) is 10.3 Å². The van der Waals surface area contributed by atoms with Gasteiger partial charge in [0.15, 0.2) is 0 Å². The van der Waals surface area contributed by atoms with Gasteiger partial charge in [0.25, 0.3) is 0 Å². The first kappa shape index (κ1) is 14.6. The topological polar surface area (TPSA) is 24.9 Å². The van der Waals surface area contributed by atoms with Crippen LogP contribution in [-0.4, -0.2) is 11.5 Å². The molecular formula is C18H21ClN2. The predicted molar refractivity (Wildman–Crippen MR) is 87.6 cm³/mol. The number of rotatable bonds is 6. The molecule has 21 heavy (non-hydrogen) atoms. The van der Waals surface area contributed by atoms with Gasteiger partial charge in [-0.05, 0) is 48.9 Å². The molecule has 1 saturated carbocycles. The standard InChI is InChI=1S/C18H21ClN2/c1-2-10-20-18(17-9-8-14(19)12-21-17)16-11-15(16)13-6-4-3-5-7-13/h3-9,12,15-16,18,20H,2,10-11H2,1H3. The quantitative estimate of drug-likeness (QED) is 0.844. The van der Waals surface area contributed by atoms with Crippen molar-refractivity contribution < 1.29 is 0 Å². The molecule has 1 aromatic heterocycles. The lowest BCUT2D eigenvalue weighted by molar-refractivity contribution is 0.463. The van der Waals surface area contributed by atoms with Crippen molar-refractivity contribution in [2.75, 3.05) is 6.54 Å². The van der Waals surface area contributed by atoms with Gasteiger partial charge >= 0.3 is 0 Å². The minimum Gasteiger partial charge on any atom is -0.308 e. The summed E-state index contributed by atoms with van der Waals surface area (Å²) in [6.07, 6.45) is 4.11. The average molecular weight is 301 g/mol. The third-order valence-corrected chi connectivity index (χ3v) is 4.40. The van der Waals surface area contributed by atoms with Crippen LogP contribution in [0.15, 0.2) is 48.7 Å². The van der Waals surface area contributed by atoms with Gasteiger partial charge in [-0.25, -0.2) is 0 Å². The molecule has 110 valence electrons. The first-order valence-electron chi connectivity index (χ1n) is 7.69. The summed E-state index contributed by atoms with van der Waals surface area (Å²) < 4.78 is 0. The highest BCUT2D eigenvalue weighted by Gasteiger charge is 2.44. The second kappa shape index (κ2) is 6.59. The largest absolute Gasteiger partial charge is 0.308 e. The van der Waals surface area contributed by atoms with Gasteiger partial charge in [-0.3, -0.25) is 4.98 Å². The Kier molecular flexibility index (Phi) is 4.57. The summed E-state index contributed by atoms with van der Waals surface area (Å²) in [5, 5.41) is 4.36. The number of nitrogens with zero attached hydrogens (tertiary/aromatic N) is 1. The van der Waals surface area contributed by atoms with E-state index in [0.29, 0.717) is 22.9 Å². The van der Waals surface area contributed by atoms with E-state index in [2.05, 4.69) is 53.6 Å². The Morgan fingerprint density at radius 3 is 2.71 bits per heavy atom. The zero-order valence-electron chi connectivity index (χ0n) is 12.3. The molecule has 1 heterocycles. The van der Waals surface area contributed by atoms with Crippen LogP contribution in [0.2, 0.25) is 5.02 Å². The number of nitrogens with one attached hydrogen (secondary N) is 1. The van der Waals surface area contributed by atoms with Crippen LogP contribution >= 0.6 is 11.6 Å². The van der Waals surface area contributed by atoms with Crippen molar-refractivity contribution in [3.63, 3.8) is 0 Å². The van der Waals surface area contributed by atoms with E-state index in [9.17, 15) is 0 Å². The van der Waals surface area contributed by atoms with Crippen LogP contribution in [0.4, 0.5) is 0 Å². The maximum atomic E-state index is 5.96. The highest BCUT2D eigenvalue weighted by atomic mass is 35.5. The molecule has 3 unspecified atom stereocenters. The number of halogens is 1. The van der Waals surface area contributed by atoms with Crippen LogP contribution in [0.5, 0.6) is 0 Å². The monoisotopic (exact) mass is 300 g/mol. The zero-order valence-corrected chi connectivity index (χ0v) is 13.1. The summed E-state index contributed by atoms with van der Waals surface area (Å²) in [7, 11) is 0. The van der Waals surface area contributed by atoms with E-state index in [-0.39, 0.29) is 0 Å². The van der Waals surface area contributed by atoms with Gasteiger partial charge in [-0.15, -0.1) is 0 Å². The fraction of sp³-hybridized carbons (Fsp3) is 0.389. The molecule has 3 heteroatoms. The molecule has 1 aliphatic rings. The first-order chi connectivity index (χ1) is 10.3. The lowest BCUT2D eigenvalue weighted by Gasteiger charge is -2.18. The van der Waals surface area contributed by atoms with E-state index >= 15 is 0 Å². The normalized spacial score (nSPS) is 22.0. The van der Waals surface area contributed by atoms with Gasteiger partial charge in [-0.2, -0.15) is 0 Å². The summed E-state index contributed by atoms with van der Waals surface area (Å²) >= 11 is 5.96. The maximum Gasteiger partial charge on any atom is 0.0589 e. The van der Waals surface area contributed by atoms with Crippen molar-refractivity contribution in [3.8, 4) is 0 Å². The number of hydrogen-bond donors (Lipinski definition) is 1. The molecule has 0 radical (unpaired) electrons. The minimum atomic E-state index is 0.326. The molecule has 1 N–H and O–H groups in total. The molecule has 0 spiro atoms. The van der Waals surface area contributed by atoms with Gasteiger partial charge in [0.1, 0.15) is 0 Å². The van der Waals surface area contributed by atoms with Gasteiger partial charge in [0, 0.05) is 6.20 Å². The maximum absolute atomic E-state index is 5.96. The van der Waals surface area contributed by atoms with Crippen molar-refractivity contribution in [1.29, 1.82) is 0 Å². The average Bonchev–Trinajstić information content (AvgIpc) is 3.31. The lowest BCUT2D eigenvalue weighted by Crippen LogP contribution is -2.25. The van der Waals surface area contributed by atoms with Crippen molar-refractivity contribution in [2.45, 2.75) is 31.7 Å². The first-order valence-corrected chi connectivity index (χ1v) is 8.07.